The van der Waals surface area contributed by atoms with E-state index < -0.39 is 0 Å². The second-order valence-corrected chi connectivity index (χ2v) is 6.12. The van der Waals surface area contributed by atoms with Crippen LogP contribution in [-0.4, -0.2) is 25.1 Å². The van der Waals surface area contributed by atoms with Crippen LogP contribution in [0.4, 0.5) is 0 Å². The Kier molecular flexibility index (Phi) is 5.54. The molecule has 0 aliphatic carbocycles. The first-order valence-corrected chi connectivity index (χ1v) is 8.40. The topological polar surface area (TPSA) is 21.7 Å². The van der Waals surface area contributed by atoms with Crippen molar-refractivity contribution in [1.82, 2.24) is 4.90 Å². The van der Waals surface area contributed by atoms with Gasteiger partial charge >= 0.3 is 0 Å². The summed E-state index contributed by atoms with van der Waals surface area (Å²) in [5.74, 6) is 1.71. The van der Waals surface area contributed by atoms with E-state index in [2.05, 4.69) is 29.2 Å². The van der Waals surface area contributed by atoms with Gasteiger partial charge in [0.25, 0.3) is 0 Å². The first kappa shape index (κ1) is 15.9. The molecule has 2 aromatic rings. The highest BCUT2D eigenvalue weighted by atomic mass is 16.5. The minimum absolute atomic E-state index is 0.594. The smallest absolute Gasteiger partial charge is 0.120 e. The van der Waals surface area contributed by atoms with Crippen LogP contribution in [-0.2, 0) is 13.2 Å². The summed E-state index contributed by atoms with van der Waals surface area (Å²) < 4.78 is 11.0. The second-order valence-electron chi connectivity index (χ2n) is 6.12. The Balaban J connectivity index is 1.50. The minimum Gasteiger partial charge on any atom is -0.497 e. The van der Waals surface area contributed by atoms with Crippen LogP contribution in [0.1, 0.15) is 30.4 Å². The molecule has 0 amide bonds. The molecule has 1 saturated heterocycles. The van der Waals surface area contributed by atoms with Gasteiger partial charge in [0.05, 0.1) is 7.11 Å². The Bertz CT molecular complexity index is 586. The molecule has 3 rings (SSSR count). The van der Waals surface area contributed by atoms with Crippen molar-refractivity contribution in [2.75, 3.05) is 20.2 Å². The number of likely N-dealkylation sites (tertiary alicyclic amines) is 1. The second kappa shape index (κ2) is 8.02. The molecule has 0 N–H and O–H groups in total. The van der Waals surface area contributed by atoms with Crippen molar-refractivity contribution in [3.8, 4) is 11.5 Å². The molecule has 1 aliphatic heterocycles. The first-order valence-electron chi connectivity index (χ1n) is 8.40. The lowest BCUT2D eigenvalue weighted by Crippen LogP contribution is -2.29. The Morgan fingerprint density at radius 2 is 1.39 bits per heavy atom. The van der Waals surface area contributed by atoms with Gasteiger partial charge in [0, 0.05) is 6.54 Å². The Labute approximate surface area is 138 Å². The summed E-state index contributed by atoms with van der Waals surface area (Å²) in [5.41, 5.74) is 2.59. The molecule has 0 bridgehead atoms. The molecule has 1 aliphatic rings. The van der Waals surface area contributed by atoms with E-state index in [-0.39, 0.29) is 0 Å². The third kappa shape index (κ3) is 4.73. The predicted octanol–water partition coefficient (Wildman–Crippen LogP) is 4.26. The van der Waals surface area contributed by atoms with E-state index in [1.54, 1.807) is 7.11 Å². The van der Waals surface area contributed by atoms with Gasteiger partial charge in [0.15, 0.2) is 0 Å². The third-order valence-electron chi connectivity index (χ3n) is 4.34. The number of hydrogen-bond acceptors (Lipinski definition) is 3. The third-order valence-corrected chi connectivity index (χ3v) is 4.34. The molecule has 0 radical (unpaired) electrons. The van der Waals surface area contributed by atoms with Crippen LogP contribution in [0.2, 0.25) is 0 Å². The zero-order valence-electron chi connectivity index (χ0n) is 13.8. The molecule has 23 heavy (non-hydrogen) atoms. The number of hydrogen-bond donors (Lipinski definition) is 0. The average molecular weight is 311 g/mol. The number of methoxy groups -OCH3 is 1. The van der Waals surface area contributed by atoms with Crippen LogP contribution in [0.3, 0.4) is 0 Å². The Hall–Kier alpha value is -2.00. The van der Waals surface area contributed by atoms with E-state index in [0.29, 0.717) is 6.61 Å². The molecule has 0 atom stereocenters. The van der Waals surface area contributed by atoms with Gasteiger partial charge in [0.2, 0.25) is 0 Å². The molecule has 1 heterocycles. The molecule has 2 aromatic carbocycles. The number of ether oxygens (including phenoxy) is 2. The van der Waals surface area contributed by atoms with Gasteiger partial charge in [-0.25, -0.2) is 0 Å². The van der Waals surface area contributed by atoms with E-state index >= 15 is 0 Å². The summed E-state index contributed by atoms with van der Waals surface area (Å²) in [7, 11) is 1.67. The normalized spacial score (nSPS) is 15.3. The van der Waals surface area contributed by atoms with Crippen LogP contribution in [0.15, 0.2) is 48.5 Å². The molecular formula is C20H25NO2. The monoisotopic (exact) mass is 311 g/mol. The van der Waals surface area contributed by atoms with Crippen molar-refractivity contribution in [2.24, 2.45) is 0 Å². The highest BCUT2D eigenvalue weighted by Gasteiger charge is 2.10. The lowest BCUT2D eigenvalue weighted by molar-refractivity contribution is 0.221. The van der Waals surface area contributed by atoms with Gasteiger partial charge in [-0.05, 0) is 61.3 Å². The number of rotatable bonds is 6. The van der Waals surface area contributed by atoms with Crippen molar-refractivity contribution < 1.29 is 9.47 Å². The molecule has 0 unspecified atom stereocenters. The van der Waals surface area contributed by atoms with Crippen molar-refractivity contribution in [1.29, 1.82) is 0 Å². The highest BCUT2D eigenvalue weighted by Crippen LogP contribution is 2.19. The van der Waals surface area contributed by atoms with E-state index in [1.165, 1.54) is 43.5 Å². The summed E-state index contributed by atoms with van der Waals surface area (Å²) in [6.45, 7) is 4.14. The molecule has 0 aromatic heterocycles. The van der Waals surface area contributed by atoms with E-state index in [0.717, 1.165) is 18.0 Å². The van der Waals surface area contributed by atoms with E-state index in [1.807, 2.05) is 24.3 Å². The maximum atomic E-state index is 5.82. The van der Waals surface area contributed by atoms with Crippen LogP contribution < -0.4 is 9.47 Å². The van der Waals surface area contributed by atoms with Crippen LogP contribution in [0.25, 0.3) is 0 Å². The fourth-order valence-electron chi connectivity index (χ4n) is 2.96. The van der Waals surface area contributed by atoms with Crippen molar-refractivity contribution in [3.63, 3.8) is 0 Å². The summed E-state index contributed by atoms with van der Waals surface area (Å²) in [6, 6.07) is 16.5. The molecule has 3 heteroatoms. The zero-order valence-corrected chi connectivity index (χ0v) is 13.8. The van der Waals surface area contributed by atoms with Crippen LogP contribution in [0.5, 0.6) is 11.5 Å². The van der Waals surface area contributed by atoms with Gasteiger partial charge in [-0.3, -0.25) is 4.90 Å². The van der Waals surface area contributed by atoms with Crippen molar-refractivity contribution >= 4 is 0 Å². The molecule has 1 fully saturated rings. The van der Waals surface area contributed by atoms with Crippen LogP contribution in [0, 0.1) is 0 Å². The predicted molar refractivity (Wildman–Crippen MR) is 92.9 cm³/mol. The van der Waals surface area contributed by atoms with Gasteiger partial charge in [-0.2, -0.15) is 0 Å². The maximum Gasteiger partial charge on any atom is 0.120 e. The first-order chi connectivity index (χ1) is 11.3. The Morgan fingerprint density at radius 3 is 2.04 bits per heavy atom. The summed E-state index contributed by atoms with van der Waals surface area (Å²) in [6.07, 6.45) is 4.07. The number of benzene rings is 2. The SMILES string of the molecule is COc1ccc(OCc2ccc(CN3CCCCC3)cc2)cc1. The Morgan fingerprint density at radius 1 is 0.783 bits per heavy atom. The fraction of sp³-hybridized carbons (Fsp3) is 0.400. The molecule has 3 nitrogen and oxygen atoms in total. The standard InChI is InChI=1S/C20H25NO2/c1-22-19-9-11-20(12-10-19)23-16-18-7-5-17(6-8-18)15-21-13-3-2-4-14-21/h5-12H,2-4,13-16H2,1H3. The van der Waals surface area contributed by atoms with E-state index in [9.17, 15) is 0 Å². The summed E-state index contributed by atoms with van der Waals surface area (Å²) in [5, 5.41) is 0. The number of piperidine rings is 1. The summed E-state index contributed by atoms with van der Waals surface area (Å²) in [4.78, 5) is 2.55. The highest BCUT2D eigenvalue weighted by molar-refractivity contribution is 5.31. The fourth-order valence-corrected chi connectivity index (χ4v) is 2.96. The summed E-state index contributed by atoms with van der Waals surface area (Å²) >= 11 is 0. The molecule has 0 saturated carbocycles. The largest absolute Gasteiger partial charge is 0.497 e. The lowest BCUT2D eigenvalue weighted by Gasteiger charge is -2.26. The van der Waals surface area contributed by atoms with Crippen LogP contribution >= 0.6 is 0 Å². The van der Waals surface area contributed by atoms with Gasteiger partial charge in [-0.1, -0.05) is 30.7 Å². The quantitative estimate of drug-likeness (QED) is 0.795. The molecule has 122 valence electrons. The van der Waals surface area contributed by atoms with Gasteiger partial charge < -0.3 is 9.47 Å². The van der Waals surface area contributed by atoms with Crippen molar-refractivity contribution in [3.05, 3.63) is 59.7 Å². The zero-order chi connectivity index (χ0) is 15.9. The minimum atomic E-state index is 0.594. The average Bonchev–Trinajstić information content (AvgIpc) is 2.62. The number of nitrogens with zero attached hydrogens (tertiary/aromatic N) is 1. The molecule has 0 spiro atoms. The van der Waals surface area contributed by atoms with Crippen molar-refractivity contribution in [2.45, 2.75) is 32.4 Å². The maximum absolute atomic E-state index is 5.82. The van der Waals surface area contributed by atoms with Gasteiger partial charge in [-0.15, -0.1) is 0 Å². The van der Waals surface area contributed by atoms with E-state index in [4.69, 9.17) is 9.47 Å². The molecular weight excluding hydrogens is 286 g/mol. The lowest BCUT2D eigenvalue weighted by atomic mass is 10.1. The van der Waals surface area contributed by atoms with Gasteiger partial charge in [0.1, 0.15) is 18.1 Å².